The number of hydrogen-bond donors (Lipinski definition) is 1. The predicted molar refractivity (Wildman–Crippen MR) is 110 cm³/mol. The molecule has 0 aromatic heterocycles. The smallest absolute Gasteiger partial charge is 0.311 e. The van der Waals surface area contributed by atoms with E-state index in [-0.39, 0.29) is 23.6 Å². The minimum Gasteiger partial charge on any atom is -0.457 e. The van der Waals surface area contributed by atoms with Crippen LogP contribution in [0.1, 0.15) is 27.1 Å². The molecule has 0 aliphatic carbocycles. The predicted octanol–water partition coefficient (Wildman–Crippen LogP) is 3.57. The molecule has 0 spiro atoms. The van der Waals surface area contributed by atoms with Crippen LogP contribution in [0.4, 0.5) is 0 Å². The van der Waals surface area contributed by atoms with Gasteiger partial charge in [-0.05, 0) is 42.5 Å². The second kappa shape index (κ2) is 9.47. The monoisotopic (exact) mass is 468 g/mol. The first-order valence-corrected chi connectivity index (χ1v) is 9.90. The van der Waals surface area contributed by atoms with Crippen LogP contribution in [-0.4, -0.2) is 41.7 Å². The highest BCUT2D eigenvalue weighted by Gasteiger charge is 2.37. The Labute approximate surface area is 186 Å². The molecule has 0 saturated carbocycles. The van der Waals surface area contributed by atoms with Crippen molar-refractivity contribution < 1.29 is 23.9 Å². The van der Waals surface area contributed by atoms with Crippen LogP contribution in [0.15, 0.2) is 42.5 Å². The van der Waals surface area contributed by atoms with E-state index >= 15 is 0 Å². The van der Waals surface area contributed by atoms with Crippen LogP contribution in [0, 0.1) is 5.92 Å². The van der Waals surface area contributed by atoms with Crippen molar-refractivity contribution in [1.82, 2.24) is 10.4 Å². The first kappa shape index (κ1) is 22.1. The van der Waals surface area contributed by atoms with Gasteiger partial charge in [0.05, 0.1) is 23.0 Å². The van der Waals surface area contributed by atoms with Gasteiger partial charge in [-0.15, -0.1) is 0 Å². The quantitative estimate of drug-likeness (QED) is 0.516. The van der Waals surface area contributed by atoms with Crippen LogP contribution >= 0.6 is 34.8 Å². The Bertz CT molecular complexity index is 1010. The van der Waals surface area contributed by atoms with Gasteiger partial charge in [-0.3, -0.25) is 29.6 Å². The van der Waals surface area contributed by atoms with E-state index in [0.29, 0.717) is 15.6 Å². The van der Waals surface area contributed by atoms with Crippen molar-refractivity contribution in [3.8, 4) is 0 Å². The zero-order valence-electron chi connectivity index (χ0n) is 15.4. The lowest BCUT2D eigenvalue weighted by Gasteiger charge is -2.18. The summed E-state index contributed by atoms with van der Waals surface area (Å²) in [6, 6.07) is 10.5. The Hall–Kier alpha value is -2.61. The molecule has 2 aromatic rings. The standard InChI is InChI=1S/C20H15Cl3N2O5/c21-13-3-1-11(2-4-13)17(26)10-30-20(29)12-7-18(27)25(9-12)24-19(28)15-6-5-14(22)8-16(15)23/h1-6,8,12H,7,9-10H2,(H,24,28)/t12-/m0/s1. The molecule has 1 aliphatic heterocycles. The Kier molecular flexibility index (Phi) is 6.97. The second-order valence-corrected chi connectivity index (χ2v) is 7.79. The topological polar surface area (TPSA) is 92.8 Å². The molecule has 0 radical (unpaired) electrons. The van der Waals surface area contributed by atoms with E-state index in [9.17, 15) is 19.2 Å². The van der Waals surface area contributed by atoms with Gasteiger partial charge in [-0.25, -0.2) is 0 Å². The van der Waals surface area contributed by atoms with Crippen LogP contribution in [0.3, 0.4) is 0 Å². The third-order valence-corrected chi connectivity index (χ3v) is 5.18. The van der Waals surface area contributed by atoms with Gasteiger partial charge in [0, 0.05) is 22.0 Å². The van der Waals surface area contributed by atoms with Gasteiger partial charge in [0.2, 0.25) is 5.91 Å². The van der Waals surface area contributed by atoms with Crippen molar-refractivity contribution in [2.45, 2.75) is 6.42 Å². The van der Waals surface area contributed by atoms with E-state index in [1.165, 1.54) is 30.3 Å². The molecule has 0 unspecified atom stereocenters. The molecule has 2 aromatic carbocycles. The van der Waals surface area contributed by atoms with Crippen molar-refractivity contribution in [1.29, 1.82) is 0 Å². The number of hydrogen-bond acceptors (Lipinski definition) is 5. The first-order chi connectivity index (χ1) is 14.2. The van der Waals surface area contributed by atoms with Crippen molar-refractivity contribution in [2.24, 2.45) is 5.92 Å². The molecule has 156 valence electrons. The Morgan fingerprint density at radius 2 is 1.70 bits per heavy atom. The molecule has 1 atom stereocenters. The molecule has 1 heterocycles. The molecule has 30 heavy (non-hydrogen) atoms. The zero-order chi connectivity index (χ0) is 21.8. The lowest BCUT2D eigenvalue weighted by Crippen LogP contribution is -2.43. The average Bonchev–Trinajstić information content (AvgIpc) is 3.06. The van der Waals surface area contributed by atoms with Crippen LogP contribution in [0.2, 0.25) is 15.1 Å². The summed E-state index contributed by atoms with van der Waals surface area (Å²) in [6.45, 7) is -0.540. The van der Waals surface area contributed by atoms with E-state index in [0.717, 1.165) is 5.01 Å². The van der Waals surface area contributed by atoms with Gasteiger partial charge in [-0.2, -0.15) is 0 Å². The van der Waals surface area contributed by atoms with E-state index in [4.69, 9.17) is 39.5 Å². The molecule has 0 bridgehead atoms. The number of esters is 1. The van der Waals surface area contributed by atoms with E-state index in [1.54, 1.807) is 12.1 Å². The summed E-state index contributed by atoms with van der Waals surface area (Å²) in [7, 11) is 0. The van der Waals surface area contributed by atoms with Gasteiger partial charge in [0.1, 0.15) is 0 Å². The maximum absolute atomic E-state index is 12.3. The number of carbonyl (C=O) groups is 4. The number of ketones is 1. The van der Waals surface area contributed by atoms with Gasteiger partial charge >= 0.3 is 5.97 Å². The average molecular weight is 470 g/mol. The fourth-order valence-electron chi connectivity index (χ4n) is 2.80. The number of carbonyl (C=O) groups excluding carboxylic acids is 4. The number of amides is 2. The van der Waals surface area contributed by atoms with E-state index in [1.807, 2.05) is 0 Å². The lowest BCUT2D eigenvalue weighted by atomic mass is 10.1. The van der Waals surface area contributed by atoms with Gasteiger partial charge in [0.15, 0.2) is 12.4 Å². The fraction of sp³-hybridized carbons (Fsp3) is 0.200. The Balaban J connectivity index is 1.54. The third-order valence-electron chi connectivity index (χ3n) is 4.38. The Morgan fingerprint density at radius 3 is 2.37 bits per heavy atom. The highest BCUT2D eigenvalue weighted by Crippen LogP contribution is 2.22. The summed E-state index contributed by atoms with van der Waals surface area (Å²) < 4.78 is 5.04. The summed E-state index contributed by atoms with van der Waals surface area (Å²) in [5.41, 5.74) is 2.90. The lowest BCUT2D eigenvalue weighted by molar-refractivity contribution is -0.147. The van der Waals surface area contributed by atoms with Crippen molar-refractivity contribution in [2.75, 3.05) is 13.2 Å². The van der Waals surface area contributed by atoms with Crippen LogP contribution < -0.4 is 5.43 Å². The first-order valence-electron chi connectivity index (χ1n) is 8.76. The molecule has 10 heteroatoms. The van der Waals surface area contributed by atoms with E-state index in [2.05, 4.69) is 5.43 Å². The summed E-state index contributed by atoms with van der Waals surface area (Å²) in [5.74, 6) is -2.98. The molecule has 1 fully saturated rings. The van der Waals surface area contributed by atoms with Gasteiger partial charge in [0.25, 0.3) is 5.91 Å². The van der Waals surface area contributed by atoms with E-state index < -0.39 is 36.1 Å². The maximum Gasteiger partial charge on any atom is 0.311 e. The fourth-order valence-corrected chi connectivity index (χ4v) is 3.42. The van der Waals surface area contributed by atoms with Crippen LogP contribution in [0.25, 0.3) is 0 Å². The van der Waals surface area contributed by atoms with Crippen molar-refractivity contribution in [3.63, 3.8) is 0 Å². The van der Waals surface area contributed by atoms with Crippen LogP contribution in [0.5, 0.6) is 0 Å². The second-order valence-electron chi connectivity index (χ2n) is 6.51. The summed E-state index contributed by atoms with van der Waals surface area (Å²) >= 11 is 17.6. The maximum atomic E-state index is 12.3. The summed E-state index contributed by atoms with van der Waals surface area (Å²) in [4.78, 5) is 48.8. The summed E-state index contributed by atoms with van der Waals surface area (Å²) in [5, 5.41) is 2.00. The number of halogens is 3. The molecular formula is C20H15Cl3N2O5. The number of benzene rings is 2. The number of Topliss-reactive ketones (excluding diaryl/α,β-unsaturated/α-hetero) is 1. The SMILES string of the molecule is O=C(COC(=O)[C@H]1CC(=O)N(NC(=O)c2ccc(Cl)cc2Cl)C1)c1ccc(Cl)cc1. The summed E-state index contributed by atoms with van der Waals surface area (Å²) in [6.07, 6.45) is -0.150. The number of rotatable bonds is 6. The molecule has 2 amide bonds. The Morgan fingerprint density at radius 1 is 1.03 bits per heavy atom. The molecule has 1 saturated heterocycles. The molecular weight excluding hydrogens is 455 g/mol. The molecule has 7 nitrogen and oxygen atoms in total. The minimum atomic E-state index is -0.809. The number of nitrogens with one attached hydrogen (secondary N) is 1. The highest BCUT2D eigenvalue weighted by atomic mass is 35.5. The van der Waals surface area contributed by atoms with Crippen LogP contribution in [-0.2, 0) is 14.3 Å². The van der Waals surface area contributed by atoms with Crippen molar-refractivity contribution >= 4 is 58.4 Å². The zero-order valence-corrected chi connectivity index (χ0v) is 17.6. The van der Waals surface area contributed by atoms with Crippen molar-refractivity contribution in [3.05, 3.63) is 68.7 Å². The number of ether oxygens (including phenoxy) is 1. The molecule has 3 rings (SSSR count). The molecule has 1 aliphatic rings. The third kappa shape index (κ3) is 5.30. The molecule has 1 N–H and O–H groups in total. The highest BCUT2D eigenvalue weighted by molar-refractivity contribution is 6.36. The number of hydrazine groups is 1. The van der Waals surface area contributed by atoms with Gasteiger partial charge in [-0.1, -0.05) is 34.8 Å². The minimum absolute atomic E-state index is 0.0796. The number of nitrogens with zero attached hydrogens (tertiary/aromatic N) is 1. The van der Waals surface area contributed by atoms with Gasteiger partial charge < -0.3 is 4.74 Å². The normalized spacial score (nSPS) is 15.8. The largest absolute Gasteiger partial charge is 0.457 e.